The molecule has 96 valence electrons. The van der Waals surface area contributed by atoms with Crippen LogP contribution in [0.5, 0.6) is 0 Å². The summed E-state index contributed by atoms with van der Waals surface area (Å²) < 4.78 is 0. The van der Waals surface area contributed by atoms with Gasteiger partial charge in [0.1, 0.15) is 18.0 Å². The molecule has 0 aromatic carbocycles. The molecule has 0 fully saturated rings. The third kappa shape index (κ3) is 3.58. The molecule has 17 heavy (non-hydrogen) atoms. The number of nitrogens with zero attached hydrogens (tertiary/aromatic N) is 2. The fourth-order valence-corrected chi connectivity index (χ4v) is 1.86. The van der Waals surface area contributed by atoms with Gasteiger partial charge in [-0.05, 0) is 26.2 Å². The first kappa shape index (κ1) is 13.7. The zero-order valence-electron chi connectivity index (χ0n) is 11.5. The van der Waals surface area contributed by atoms with Gasteiger partial charge in [0.15, 0.2) is 0 Å². The number of hydrogen-bond donors (Lipinski definition) is 2. The Morgan fingerprint density at radius 1 is 1.18 bits per heavy atom. The number of anilines is 2. The summed E-state index contributed by atoms with van der Waals surface area (Å²) >= 11 is 0. The van der Waals surface area contributed by atoms with Crippen molar-refractivity contribution in [1.82, 2.24) is 9.97 Å². The largest absolute Gasteiger partial charge is 0.370 e. The molecule has 1 aromatic heterocycles. The molecule has 1 atom stereocenters. The van der Waals surface area contributed by atoms with Crippen LogP contribution in [0.2, 0.25) is 0 Å². The van der Waals surface area contributed by atoms with E-state index in [0.717, 1.165) is 30.2 Å². The average Bonchev–Trinajstić information content (AvgIpc) is 2.30. The third-order valence-corrected chi connectivity index (χ3v) is 2.99. The lowest BCUT2D eigenvalue weighted by Crippen LogP contribution is -2.25. The molecule has 0 bridgehead atoms. The maximum atomic E-state index is 4.33. The second-order valence-corrected chi connectivity index (χ2v) is 4.63. The summed E-state index contributed by atoms with van der Waals surface area (Å²) in [6.07, 6.45) is 2.71. The van der Waals surface area contributed by atoms with Crippen LogP contribution in [0.4, 0.5) is 11.6 Å². The molecule has 2 N–H and O–H groups in total. The van der Waals surface area contributed by atoms with E-state index in [9.17, 15) is 0 Å². The Bertz CT molecular complexity index is 349. The Morgan fingerprint density at radius 3 is 2.35 bits per heavy atom. The molecule has 4 nitrogen and oxygen atoms in total. The van der Waals surface area contributed by atoms with Crippen LogP contribution in [0.25, 0.3) is 0 Å². The van der Waals surface area contributed by atoms with Gasteiger partial charge in [-0.2, -0.15) is 0 Å². The van der Waals surface area contributed by atoms with Crippen LogP contribution in [-0.2, 0) is 0 Å². The van der Waals surface area contributed by atoms with E-state index in [1.807, 2.05) is 6.92 Å². The van der Waals surface area contributed by atoms with Gasteiger partial charge in [0.25, 0.3) is 0 Å². The summed E-state index contributed by atoms with van der Waals surface area (Å²) in [6.45, 7) is 11.6. The van der Waals surface area contributed by atoms with E-state index in [-0.39, 0.29) is 0 Å². The molecule has 1 aromatic rings. The quantitative estimate of drug-likeness (QED) is 0.797. The Kier molecular flexibility index (Phi) is 5.19. The van der Waals surface area contributed by atoms with Gasteiger partial charge in [-0.3, -0.25) is 0 Å². The first-order chi connectivity index (χ1) is 8.10. The first-order valence-electron chi connectivity index (χ1n) is 6.42. The van der Waals surface area contributed by atoms with Crippen LogP contribution in [0.3, 0.4) is 0 Å². The summed E-state index contributed by atoms with van der Waals surface area (Å²) in [5.41, 5.74) is 1.09. The minimum absolute atomic E-state index is 0.457. The third-order valence-electron chi connectivity index (χ3n) is 2.99. The maximum absolute atomic E-state index is 4.33. The monoisotopic (exact) mass is 236 g/mol. The fraction of sp³-hybridized carbons (Fsp3) is 0.692. The van der Waals surface area contributed by atoms with Crippen LogP contribution < -0.4 is 10.6 Å². The van der Waals surface area contributed by atoms with Crippen LogP contribution in [0.15, 0.2) is 6.33 Å². The zero-order valence-corrected chi connectivity index (χ0v) is 11.5. The molecule has 4 heteroatoms. The molecular weight excluding hydrogens is 212 g/mol. The Balaban J connectivity index is 2.87. The Morgan fingerprint density at radius 2 is 1.82 bits per heavy atom. The highest BCUT2D eigenvalue weighted by Crippen LogP contribution is 2.21. The van der Waals surface area contributed by atoms with Crippen molar-refractivity contribution >= 4 is 11.6 Å². The lowest BCUT2D eigenvalue weighted by molar-refractivity contribution is 0.509. The van der Waals surface area contributed by atoms with Crippen molar-refractivity contribution in [2.45, 2.75) is 47.1 Å². The second kappa shape index (κ2) is 6.42. The van der Waals surface area contributed by atoms with E-state index < -0.39 is 0 Å². The average molecular weight is 236 g/mol. The van der Waals surface area contributed by atoms with Crippen LogP contribution in [-0.4, -0.2) is 22.6 Å². The number of rotatable bonds is 6. The highest BCUT2D eigenvalue weighted by Gasteiger charge is 2.14. The van der Waals surface area contributed by atoms with Gasteiger partial charge in [-0.1, -0.05) is 20.8 Å². The van der Waals surface area contributed by atoms with E-state index in [1.165, 1.54) is 0 Å². The lowest BCUT2D eigenvalue weighted by Gasteiger charge is -2.22. The van der Waals surface area contributed by atoms with Crippen LogP contribution in [0.1, 0.15) is 39.7 Å². The summed E-state index contributed by atoms with van der Waals surface area (Å²) in [5.74, 6) is 2.46. The van der Waals surface area contributed by atoms with E-state index in [2.05, 4.69) is 48.3 Å². The van der Waals surface area contributed by atoms with E-state index in [0.29, 0.717) is 12.0 Å². The molecule has 1 heterocycles. The van der Waals surface area contributed by atoms with Gasteiger partial charge < -0.3 is 10.6 Å². The van der Waals surface area contributed by atoms with Crippen LogP contribution >= 0.6 is 0 Å². The van der Waals surface area contributed by atoms with Gasteiger partial charge in [0.2, 0.25) is 0 Å². The molecule has 0 aliphatic rings. The number of aromatic nitrogens is 2. The standard InChI is InChI=1S/C13H24N4/c1-6-11(9(3)4)17-13-10(5)12(14-7-2)15-8-16-13/h8-9,11H,6-7H2,1-5H3,(H2,14,15,16,17). The molecule has 0 aliphatic heterocycles. The van der Waals surface area contributed by atoms with E-state index in [1.54, 1.807) is 6.33 Å². The summed E-state index contributed by atoms with van der Waals surface area (Å²) in [5, 5.41) is 6.75. The fourth-order valence-electron chi connectivity index (χ4n) is 1.86. The van der Waals surface area contributed by atoms with Gasteiger partial charge in [0, 0.05) is 18.2 Å². The topological polar surface area (TPSA) is 49.8 Å². The first-order valence-corrected chi connectivity index (χ1v) is 6.42. The molecule has 0 saturated carbocycles. The SMILES string of the molecule is CCNc1ncnc(NC(CC)C(C)C)c1C. The van der Waals surface area contributed by atoms with Gasteiger partial charge >= 0.3 is 0 Å². The molecule has 0 aliphatic carbocycles. The van der Waals surface area contributed by atoms with Gasteiger partial charge in [-0.25, -0.2) is 9.97 Å². The molecular formula is C13H24N4. The van der Waals surface area contributed by atoms with Crippen molar-refractivity contribution in [3.05, 3.63) is 11.9 Å². The number of hydrogen-bond acceptors (Lipinski definition) is 4. The Hall–Kier alpha value is -1.32. The smallest absolute Gasteiger partial charge is 0.134 e. The molecule has 0 amide bonds. The van der Waals surface area contributed by atoms with E-state index in [4.69, 9.17) is 0 Å². The summed E-state index contributed by atoms with van der Waals surface area (Å²) in [6, 6.07) is 0.457. The Labute approximate surface area is 104 Å². The van der Waals surface area contributed by atoms with Gasteiger partial charge in [-0.15, -0.1) is 0 Å². The molecule has 1 rings (SSSR count). The van der Waals surface area contributed by atoms with Crippen molar-refractivity contribution in [3.8, 4) is 0 Å². The minimum Gasteiger partial charge on any atom is -0.370 e. The number of nitrogens with one attached hydrogen (secondary N) is 2. The summed E-state index contributed by atoms with van der Waals surface area (Å²) in [4.78, 5) is 8.57. The van der Waals surface area contributed by atoms with Crippen molar-refractivity contribution < 1.29 is 0 Å². The van der Waals surface area contributed by atoms with Crippen molar-refractivity contribution in [3.63, 3.8) is 0 Å². The van der Waals surface area contributed by atoms with Crippen LogP contribution in [0, 0.1) is 12.8 Å². The van der Waals surface area contributed by atoms with Crippen molar-refractivity contribution in [2.75, 3.05) is 17.2 Å². The van der Waals surface area contributed by atoms with E-state index >= 15 is 0 Å². The predicted octanol–water partition coefficient (Wildman–Crippen LogP) is 3.06. The lowest BCUT2D eigenvalue weighted by atomic mass is 10.0. The van der Waals surface area contributed by atoms with Gasteiger partial charge in [0.05, 0.1) is 0 Å². The zero-order chi connectivity index (χ0) is 12.8. The minimum atomic E-state index is 0.457. The summed E-state index contributed by atoms with van der Waals surface area (Å²) in [7, 11) is 0. The molecule has 0 radical (unpaired) electrons. The highest BCUT2D eigenvalue weighted by atomic mass is 15.1. The van der Waals surface area contributed by atoms with Crippen molar-refractivity contribution in [1.29, 1.82) is 0 Å². The normalized spacial score (nSPS) is 12.6. The molecule has 0 spiro atoms. The van der Waals surface area contributed by atoms with Crippen molar-refractivity contribution in [2.24, 2.45) is 5.92 Å². The predicted molar refractivity (Wildman–Crippen MR) is 73.5 cm³/mol. The highest BCUT2D eigenvalue weighted by molar-refractivity contribution is 5.56. The second-order valence-electron chi connectivity index (χ2n) is 4.63. The maximum Gasteiger partial charge on any atom is 0.134 e. The molecule has 1 unspecified atom stereocenters. The molecule has 0 saturated heterocycles.